The van der Waals surface area contributed by atoms with Gasteiger partial charge >= 0.3 is 29.6 Å². The molecule has 0 radical (unpaired) electrons. The van der Waals surface area contributed by atoms with Crippen molar-refractivity contribution in [3.63, 3.8) is 0 Å². The molecular formula is C16H15ClNNaO3S. The molecule has 0 aliphatic rings. The van der Waals surface area contributed by atoms with Crippen molar-refractivity contribution in [3.8, 4) is 0 Å². The largest absolute Gasteiger partial charge is 1.00 e. The van der Waals surface area contributed by atoms with Gasteiger partial charge in [-0.25, -0.2) is 0 Å². The number of carboxylic acids is 1. The Morgan fingerprint density at radius 1 is 1.17 bits per heavy atom. The Balaban J connectivity index is 0.00000242. The van der Waals surface area contributed by atoms with Gasteiger partial charge in [0, 0.05) is 5.02 Å². The second-order valence-corrected chi connectivity index (χ2v) is 5.61. The number of hydrogen-bond acceptors (Lipinski definition) is 4. The predicted octanol–water partition coefficient (Wildman–Crippen LogP) is -1.66. The Labute approximate surface area is 167 Å². The van der Waals surface area contributed by atoms with E-state index in [0.717, 1.165) is 11.1 Å². The summed E-state index contributed by atoms with van der Waals surface area (Å²) < 4.78 is 0. The number of nitrogens with two attached hydrogens (primary N) is 1. The van der Waals surface area contributed by atoms with Crippen LogP contribution in [0.4, 0.5) is 0 Å². The minimum absolute atomic E-state index is 0. The summed E-state index contributed by atoms with van der Waals surface area (Å²) in [4.78, 5) is 11.5. The van der Waals surface area contributed by atoms with Crippen molar-refractivity contribution in [3.05, 3.63) is 69.7 Å². The van der Waals surface area contributed by atoms with Crippen LogP contribution in [0.15, 0.2) is 42.5 Å². The SMILES string of the molecule is Cc1ccc(C(=S)c2cc(Cl)cc(C(N)C(=O)[O-])c2)cc1.O.[Na+]. The maximum Gasteiger partial charge on any atom is 1.00 e. The van der Waals surface area contributed by atoms with Crippen LogP contribution in [0.25, 0.3) is 0 Å². The Bertz CT molecular complexity index is 707. The summed E-state index contributed by atoms with van der Waals surface area (Å²) in [6.07, 6.45) is 0. The molecule has 2 aromatic carbocycles. The topological polar surface area (TPSA) is 97.7 Å². The van der Waals surface area contributed by atoms with Gasteiger partial charge in [0.1, 0.15) is 0 Å². The number of carbonyl (C=O) groups is 1. The molecule has 0 bridgehead atoms. The van der Waals surface area contributed by atoms with Crippen molar-refractivity contribution in [2.24, 2.45) is 5.73 Å². The van der Waals surface area contributed by atoms with Gasteiger partial charge in [0.05, 0.1) is 16.9 Å². The summed E-state index contributed by atoms with van der Waals surface area (Å²) >= 11 is 11.5. The first kappa shape index (κ1) is 22.2. The quantitative estimate of drug-likeness (QED) is 0.401. The molecule has 0 saturated carbocycles. The van der Waals surface area contributed by atoms with Crippen LogP contribution in [0.1, 0.15) is 28.3 Å². The molecule has 0 saturated heterocycles. The summed E-state index contributed by atoms with van der Waals surface area (Å²) in [6, 6.07) is 11.3. The first-order chi connectivity index (χ1) is 9.88. The standard InChI is InChI=1S/C16H14ClNO2S.Na.H2O/c1-9-2-4-10(5-3-9)15(21)12-6-11(7-13(17)8-12)14(18)16(19)20;;/h2-8,14H,18H2,1H3,(H,19,20);;1H2/q;+1;/p-1. The summed E-state index contributed by atoms with van der Waals surface area (Å²) in [5, 5.41) is 11.3. The van der Waals surface area contributed by atoms with Crippen LogP contribution in [-0.4, -0.2) is 16.3 Å². The number of halogens is 1. The predicted molar refractivity (Wildman–Crippen MR) is 89.0 cm³/mol. The Morgan fingerprint density at radius 3 is 2.26 bits per heavy atom. The summed E-state index contributed by atoms with van der Waals surface area (Å²) in [6.45, 7) is 1.99. The second-order valence-electron chi connectivity index (χ2n) is 4.77. The van der Waals surface area contributed by atoms with Gasteiger partial charge in [0.25, 0.3) is 0 Å². The number of aryl methyl sites for hydroxylation is 1. The Hall–Kier alpha value is -0.790. The van der Waals surface area contributed by atoms with E-state index in [1.165, 1.54) is 6.07 Å². The summed E-state index contributed by atoms with van der Waals surface area (Å²) in [5.74, 6) is -1.36. The first-order valence-electron chi connectivity index (χ1n) is 6.27. The summed E-state index contributed by atoms with van der Waals surface area (Å²) in [5.41, 5.74) is 8.60. The Morgan fingerprint density at radius 2 is 1.74 bits per heavy atom. The van der Waals surface area contributed by atoms with Gasteiger partial charge in [0.2, 0.25) is 0 Å². The molecule has 1 atom stereocenters. The number of aliphatic carboxylic acids is 1. The average Bonchev–Trinajstić information content (AvgIpc) is 2.45. The van der Waals surface area contributed by atoms with E-state index in [2.05, 4.69) is 0 Å². The average molecular weight is 360 g/mol. The van der Waals surface area contributed by atoms with Gasteiger partial charge in [-0.3, -0.25) is 0 Å². The zero-order valence-electron chi connectivity index (χ0n) is 12.8. The molecule has 23 heavy (non-hydrogen) atoms. The molecular weight excluding hydrogens is 345 g/mol. The van der Waals surface area contributed by atoms with Crippen molar-refractivity contribution >= 4 is 34.7 Å². The van der Waals surface area contributed by atoms with Gasteiger partial charge < -0.3 is 21.1 Å². The molecule has 0 spiro atoms. The van der Waals surface area contributed by atoms with E-state index in [9.17, 15) is 9.90 Å². The molecule has 1 unspecified atom stereocenters. The maximum atomic E-state index is 10.9. The smallest absolute Gasteiger partial charge is 0.548 e. The normalized spacial score (nSPS) is 10.9. The van der Waals surface area contributed by atoms with Gasteiger partial charge in [-0.15, -0.1) is 0 Å². The van der Waals surface area contributed by atoms with Crippen LogP contribution >= 0.6 is 23.8 Å². The molecule has 2 rings (SSSR count). The molecule has 0 amide bonds. The van der Waals surface area contributed by atoms with Gasteiger partial charge in [-0.05, 0) is 41.8 Å². The van der Waals surface area contributed by atoms with Crippen LogP contribution in [0, 0.1) is 6.92 Å². The molecule has 0 aliphatic heterocycles. The zero-order valence-corrected chi connectivity index (χ0v) is 16.4. The molecule has 0 aromatic heterocycles. The molecule has 116 valence electrons. The molecule has 4 nitrogen and oxygen atoms in total. The fourth-order valence-corrected chi connectivity index (χ4v) is 2.43. The number of benzene rings is 2. The van der Waals surface area contributed by atoms with Crippen LogP contribution < -0.4 is 40.4 Å². The molecule has 4 N–H and O–H groups in total. The van der Waals surface area contributed by atoms with Gasteiger partial charge in [-0.2, -0.15) is 0 Å². The number of rotatable bonds is 4. The minimum Gasteiger partial charge on any atom is -0.548 e. The van der Waals surface area contributed by atoms with Crippen molar-refractivity contribution in [2.45, 2.75) is 13.0 Å². The second kappa shape index (κ2) is 9.49. The maximum absolute atomic E-state index is 10.9. The van der Waals surface area contributed by atoms with E-state index in [4.69, 9.17) is 29.6 Å². The third-order valence-electron chi connectivity index (χ3n) is 3.11. The van der Waals surface area contributed by atoms with E-state index >= 15 is 0 Å². The molecule has 0 aliphatic carbocycles. The Kier molecular flexibility index (Phi) is 9.17. The fourth-order valence-electron chi connectivity index (χ4n) is 1.93. The first-order valence-corrected chi connectivity index (χ1v) is 7.05. The van der Waals surface area contributed by atoms with Crippen molar-refractivity contribution in [1.82, 2.24) is 0 Å². The van der Waals surface area contributed by atoms with E-state index in [1.54, 1.807) is 12.1 Å². The van der Waals surface area contributed by atoms with E-state index in [1.807, 2.05) is 31.2 Å². The van der Waals surface area contributed by atoms with E-state index in [-0.39, 0.29) is 35.0 Å². The number of hydrogen-bond donors (Lipinski definition) is 1. The van der Waals surface area contributed by atoms with Crippen molar-refractivity contribution < 1.29 is 44.9 Å². The van der Waals surface area contributed by atoms with Gasteiger partial charge in [0.15, 0.2) is 0 Å². The van der Waals surface area contributed by atoms with Crippen LogP contribution in [0.2, 0.25) is 5.02 Å². The van der Waals surface area contributed by atoms with E-state index < -0.39 is 12.0 Å². The van der Waals surface area contributed by atoms with Crippen molar-refractivity contribution in [2.75, 3.05) is 0 Å². The van der Waals surface area contributed by atoms with E-state index in [0.29, 0.717) is 21.0 Å². The third kappa shape index (κ3) is 5.65. The minimum atomic E-state index is -1.36. The fraction of sp³-hybridized carbons (Fsp3) is 0.125. The molecule has 7 heteroatoms. The number of carbonyl (C=O) groups excluding carboxylic acids is 1. The molecule has 2 aromatic rings. The molecule has 0 heterocycles. The van der Waals surface area contributed by atoms with Crippen LogP contribution in [0.5, 0.6) is 0 Å². The summed E-state index contributed by atoms with van der Waals surface area (Å²) in [7, 11) is 0. The monoisotopic (exact) mass is 359 g/mol. The van der Waals surface area contributed by atoms with Crippen LogP contribution in [-0.2, 0) is 4.79 Å². The van der Waals surface area contributed by atoms with Crippen LogP contribution in [0.3, 0.4) is 0 Å². The third-order valence-corrected chi connectivity index (χ3v) is 3.80. The molecule has 0 fully saturated rings. The number of thiocarbonyl (C=S) groups is 1. The van der Waals surface area contributed by atoms with Crippen molar-refractivity contribution in [1.29, 1.82) is 0 Å². The van der Waals surface area contributed by atoms with Gasteiger partial charge in [-0.1, -0.05) is 53.6 Å². The zero-order chi connectivity index (χ0) is 15.6. The number of carboxylic acid groups (broad SMARTS) is 1.